The highest BCUT2D eigenvalue weighted by Crippen LogP contribution is 2.13. The molecule has 0 aliphatic heterocycles. The van der Waals surface area contributed by atoms with E-state index in [1.807, 2.05) is 0 Å². The van der Waals surface area contributed by atoms with Gasteiger partial charge in [-0.15, -0.1) is 0 Å². The third kappa shape index (κ3) is 4.01. The van der Waals surface area contributed by atoms with Gasteiger partial charge in [0.15, 0.2) is 0 Å². The molecule has 1 amide bonds. The number of carboxylic acid groups (broad SMARTS) is 1. The second kappa shape index (κ2) is 6.98. The Labute approximate surface area is 115 Å². The quantitative estimate of drug-likeness (QED) is 0.841. The topological polar surface area (TPSA) is 66.4 Å². The molecule has 0 aliphatic carbocycles. The zero-order chi connectivity index (χ0) is 15.3. The lowest BCUT2D eigenvalue weighted by Gasteiger charge is -2.20. The Hall–Kier alpha value is -1.98. The lowest BCUT2D eigenvalue weighted by molar-refractivity contribution is -0.143. The summed E-state index contributed by atoms with van der Waals surface area (Å²) in [5.74, 6) is -3.81. The molecule has 0 spiro atoms. The summed E-state index contributed by atoms with van der Waals surface area (Å²) in [6, 6.07) is 2.23. The van der Waals surface area contributed by atoms with Gasteiger partial charge in [-0.25, -0.2) is 13.6 Å². The Morgan fingerprint density at radius 1 is 1.30 bits per heavy atom. The van der Waals surface area contributed by atoms with E-state index >= 15 is 0 Å². The molecule has 1 rings (SSSR count). The number of nitrogens with one attached hydrogen (secondary N) is 1. The number of amides is 1. The summed E-state index contributed by atoms with van der Waals surface area (Å²) in [4.78, 5) is 22.8. The van der Waals surface area contributed by atoms with Crippen LogP contribution in [0.25, 0.3) is 0 Å². The van der Waals surface area contributed by atoms with Gasteiger partial charge >= 0.3 is 5.97 Å². The average Bonchev–Trinajstić information content (AvgIpc) is 2.39. The number of rotatable bonds is 6. The minimum absolute atomic E-state index is 0.276. The van der Waals surface area contributed by atoms with Crippen molar-refractivity contribution in [3.05, 3.63) is 35.4 Å². The van der Waals surface area contributed by atoms with Crippen molar-refractivity contribution in [2.75, 3.05) is 0 Å². The van der Waals surface area contributed by atoms with Crippen LogP contribution in [0.5, 0.6) is 0 Å². The van der Waals surface area contributed by atoms with Crippen LogP contribution >= 0.6 is 0 Å². The van der Waals surface area contributed by atoms with Gasteiger partial charge in [-0.1, -0.05) is 26.3 Å². The first-order valence-corrected chi connectivity index (χ1v) is 6.31. The van der Waals surface area contributed by atoms with Crippen LogP contribution in [-0.2, 0) is 16.0 Å². The molecule has 0 aliphatic rings. The van der Waals surface area contributed by atoms with E-state index in [0.29, 0.717) is 6.42 Å². The minimum atomic E-state index is -1.17. The van der Waals surface area contributed by atoms with Crippen molar-refractivity contribution in [2.24, 2.45) is 5.92 Å². The molecule has 0 saturated heterocycles. The first-order chi connectivity index (χ1) is 9.36. The summed E-state index contributed by atoms with van der Waals surface area (Å²) in [6.07, 6.45) is 0.0318. The molecule has 0 aromatic heterocycles. The number of halogens is 2. The van der Waals surface area contributed by atoms with Gasteiger partial charge in [-0.05, 0) is 18.1 Å². The molecular weight excluding hydrogens is 268 g/mol. The number of carbonyl (C=O) groups excluding carboxylic acids is 1. The minimum Gasteiger partial charge on any atom is -0.480 e. The summed E-state index contributed by atoms with van der Waals surface area (Å²) in [7, 11) is 0. The predicted molar refractivity (Wildman–Crippen MR) is 69.1 cm³/mol. The molecular formula is C14H17F2NO3. The third-order valence-corrected chi connectivity index (χ3v) is 3.19. The number of aliphatic carboxylic acids is 1. The molecule has 20 heavy (non-hydrogen) atoms. The molecule has 0 saturated carbocycles. The van der Waals surface area contributed by atoms with Crippen LogP contribution in [-0.4, -0.2) is 23.0 Å². The number of hydrogen-bond acceptors (Lipinski definition) is 2. The summed E-state index contributed by atoms with van der Waals surface area (Å²) in [6.45, 7) is 3.48. The Kier molecular flexibility index (Phi) is 5.61. The fourth-order valence-corrected chi connectivity index (χ4v) is 1.77. The Bertz CT molecular complexity index is 485. The van der Waals surface area contributed by atoms with Gasteiger partial charge in [-0.3, -0.25) is 4.79 Å². The van der Waals surface area contributed by atoms with Crippen LogP contribution in [0, 0.1) is 17.6 Å². The van der Waals surface area contributed by atoms with E-state index in [1.165, 1.54) is 6.07 Å². The summed E-state index contributed by atoms with van der Waals surface area (Å²) >= 11 is 0. The Morgan fingerprint density at radius 2 is 1.85 bits per heavy atom. The van der Waals surface area contributed by atoms with Crippen molar-refractivity contribution >= 4 is 11.9 Å². The smallest absolute Gasteiger partial charge is 0.326 e. The summed E-state index contributed by atoms with van der Waals surface area (Å²) in [5.41, 5.74) is -0.363. The molecule has 0 heterocycles. The molecule has 0 fully saturated rings. The Balaban J connectivity index is 2.79. The largest absolute Gasteiger partial charge is 0.480 e. The molecule has 110 valence electrons. The first-order valence-electron chi connectivity index (χ1n) is 6.31. The van der Waals surface area contributed by atoms with Gasteiger partial charge < -0.3 is 10.4 Å². The fourth-order valence-electron chi connectivity index (χ4n) is 1.77. The second-order valence-electron chi connectivity index (χ2n) is 4.65. The van der Waals surface area contributed by atoms with Crippen molar-refractivity contribution in [2.45, 2.75) is 32.7 Å². The lowest BCUT2D eigenvalue weighted by atomic mass is 9.99. The Morgan fingerprint density at radius 3 is 2.30 bits per heavy atom. The summed E-state index contributed by atoms with van der Waals surface area (Å²) < 4.78 is 26.8. The van der Waals surface area contributed by atoms with Crippen LogP contribution in [0.4, 0.5) is 8.78 Å². The van der Waals surface area contributed by atoms with Crippen molar-refractivity contribution in [1.82, 2.24) is 5.32 Å². The summed E-state index contributed by atoms with van der Waals surface area (Å²) in [5, 5.41) is 11.3. The third-order valence-electron chi connectivity index (χ3n) is 3.19. The molecule has 6 heteroatoms. The first kappa shape index (κ1) is 16.1. The second-order valence-corrected chi connectivity index (χ2v) is 4.65. The van der Waals surface area contributed by atoms with Crippen LogP contribution in [0.2, 0.25) is 0 Å². The molecule has 2 atom stereocenters. The van der Waals surface area contributed by atoms with E-state index in [4.69, 9.17) is 5.11 Å². The molecule has 1 aromatic carbocycles. The predicted octanol–water partition coefficient (Wildman–Crippen LogP) is 2.12. The van der Waals surface area contributed by atoms with Crippen molar-refractivity contribution < 1.29 is 23.5 Å². The van der Waals surface area contributed by atoms with Gasteiger partial charge in [0.2, 0.25) is 5.91 Å². The van der Waals surface area contributed by atoms with Gasteiger partial charge in [0, 0.05) is 5.56 Å². The van der Waals surface area contributed by atoms with Gasteiger partial charge in [0.25, 0.3) is 0 Å². The highest BCUT2D eigenvalue weighted by Gasteiger charge is 2.26. The van der Waals surface area contributed by atoms with Crippen molar-refractivity contribution in [3.63, 3.8) is 0 Å². The van der Waals surface area contributed by atoms with Crippen LogP contribution in [0.1, 0.15) is 25.8 Å². The van der Waals surface area contributed by atoms with E-state index in [9.17, 15) is 18.4 Å². The highest BCUT2D eigenvalue weighted by atomic mass is 19.1. The fraction of sp³-hybridized carbons (Fsp3) is 0.429. The van der Waals surface area contributed by atoms with Crippen LogP contribution in [0.15, 0.2) is 18.2 Å². The average molecular weight is 285 g/mol. The number of hydrogen-bond donors (Lipinski definition) is 2. The molecule has 0 radical (unpaired) electrons. The number of benzene rings is 1. The zero-order valence-electron chi connectivity index (χ0n) is 11.3. The van der Waals surface area contributed by atoms with Crippen LogP contribution < -0.4 is 5.32 Å². The van der Waals surface area contributed by atoms with Gasteiger partial charge in [0.1, 0.15) is 17.7 Å². The standard InChI is InChI=1S/C14H17F2NO3/c1-3-8(2)13(14(19)20)17-12(18)7-9-10(15)5-4-6-11(9)16/h4-6,8,13H,3,7H2,1-2H3,(H,17,18)(H,19,20)/t8-,13-/m0/s1. The maximum atomic E-state index is 13.4. The molecule has 0 bridgehead atoms. The number of carbonyl (C=O) groups is 2. The molecule has 2 N–H and O–H groups in total. The maximum absolute atomic E-state index is 13.4. The normalized spacial score (nSPS) is 13.6. The molecule has 0 unspecified atom stereocenters. The van der Waals surface area contributed by atoms with E-state index in [0.717, 1.165) is 12.1 Å². The SMILES string of the molecule is CC[C@H](C)[C@H](NC(=O)Cc1c(F)cccc1F)C(=O)O. The van der Waals surface area contributed by atoms with E-state index in [1.54, 1.807) is 13.8 Å². The van der Waals surface area contributed by atoms with E-state index in [-0.39, 0.29) is 11.5 Å². The zero-order valence-corrected chi connectivity index (χ0v) is 11.3. The van der Waals surface area contributed by atoms with Gasteiger partial charge in [0.05, 0.1) is 6.42 Å². The monoisotopic (exact) mass is 285 g/mol. The van der Waals surface area contributed by atoms with E-state index in [2.05, 4.69) is 5.32 Å². The molecule has 4 nitrogen and oxygen atoms in total. The number of carboxylic acids is 1. The van der Waals surface area contributed by atoms with Gasteiger partial charge in [-0.2, -0.15) is 0 Å². The van der Waals surface area contributed by atoms with E-state index < -0.39 is 36.0 Å². The highest BCUT2D eigenvalue weighted by molar-refractivity contribution is 5.85. The van der Waals surface area contributed by atoms with Crippen molar-refractivity contribution in [3.8, 4) is 0 Å². The van der Waals surface area contributed by atoms with Crippen LogP contribution in [0.3, 0.4) is 0 Å². The van der Waals surface area contributed by atoms with Crippen molar-refractivity contribution in [1.29, 1.82) is 0 Å². The lowest BCUT2D eigenvalue weighted by Crippen LogP contribution is -2.45. The molecule has 1 aromatic rings. The maximum Gasteiger partial charge on any atom is 0.326 e.